The third kappa shape index (κ3) is 1.34. The van der Waals surface area contributed by atoms with Crippen molar-refractivity contribution in [3.05, 3.63) is 22.7 Å². The summed E-state index contributed by atoms with van der Waals surface area (Å²) in [5.74, 6) is 0. The van der Waals surface area contributed by atoms with Crippen LogP contribution in [0, 0.1) is 6.92 Å². The van der Waals surface area contributed by atoms with E-state index in [-0.39, 0.29) is 0 Å². The summed E-state index contributed by atoms with van der Waals surface area (Å²) in [5.41, 5.74) is 1.47. The molecule has 1 aromatic heterocycles. The zero-order chi connectivity index (χ0) is 8.55. The molecule has 0 unspecified atom stereocenters. The highest BCUT2D eigenvalue weighted by Crippen LogP contribution is 2.33. The average Bonchev–Trinajstić information content (AvgIpc) is 2.04. The standard InChI is InChI=1S/C10H14NP/c1-8-5-6-9-10(12-8)4-3-7-11(9)2/h5-6H,3-4,7H2,1-2H3. The zero-order valence-electron chi connectivity index (χ0n) is 7.67. The van der Waals surface area contributed by atoms with Crippen molar-refractivity contribution in [2.75, 3.05) is 18.5 Å². The van der Waals surface area contributed by atoms with Crippen molar-refractivity contribution < 1.29 is 0 Å². The van der Waals surface area contributed by atoms with Gasteiger partial charge in [-0.15, -0.1) is 0 Å². The minimum Gasteiger partial charge on any atom is -0.374 e. The van der Waals surface area contributed by atoms with Crippen molar-refractivity contribution in [2.45, 2.75) is 19.8 Å². The fraction of sp³-hybridized carbons (Fsp3) is 0.500. The number of nitrogens with zero attached hydrogens (tertiary/aromatic N) is 1. The van der Waals surface area contributed by atoms with Crippen molar-refractivity contribution >= 4 is 13.9 Å². The quantitative estimate of drug-likeness (QED) is 0.591. The molecule has 2 heterocycles. The molecule has 0 bridgehead atoms. The Bertz CT molecular complexity index is 296. The molecule has 0 radical (unpaired) electrons. The SMILES string of the molecule is Cc1ccc2c(p1)CCCN2C. The summed E-state index contributed by atoms with van der Waals surface area (Å²) in [5, 5.41) is 3.09. The van der Waals surface area contributed by atoms with Crippen LogP contribution >= 0.6 is 8.19 Å². The van der Waals surface area contributed by atoms with E-state index in [0.717, 1.165) is 0 Å². The molecule has 1 aromatic rings. The molecule has 0 saturated carbocycles. The van der Waals surface area contributed by atoms with Gasteiger partial charge in [0.15, 0.2) is 0 Å². The maximum Gasteiger partial charge on any atom is 0.0442 e. The van der Waals surface area contributed by atoms with E-state index in [4.69, 9.17) is 0 Å². The molecule has 1 aliphatic rings. The van der Waals surface area contributed by atoms with Gasteiger partial charge in [0.25, 0.3) is 0 Å². The summed E-state index contributed by atoms with van der Waals surface area (Å²) in [6.07, 6.45) is 2.62. The predicted octanol–water partition coefficient (Wildman–Crippen LogP) is 2.96. The molecule has 0 N–H and O–H groups in total. The van der Waals surface area contributed by atoms with Crippen molar-refractivity contribution in [1.29, 1.82) is 0 Å². The van der Waals surface area contributed by atoms with Crippen LogP contribution in [0.3, 0.4) is 0 Å². The lowest BCUT2D eigenvalue weighted by Crippen LogP contribution is -2.23. The Balaban J connectivity index is 2.46. The number of hydrogen-bond donors (Lipinski definition) is 0. The summed E-state index contributed by atoms with van der Waals surface area (Å²) in [4.78, 5) is 2.37. The molecule has 2 heteroatoms. The van der Waals surface area contributed by atoms with E-state index in [1.54, 1.807) is 5.30 Å². The summed E-state index contributed by atoms with van der Waals surface area (Å²) in [6, 6.07) is 4.50. The predicted molar refractivity (Wildman–Crippen MR) is 55.3 cm³/mol. The first-order valence-corrected chi connectivity index (χ1v) is 5.34. The highest BCUT2D eigenvalue weighted by Gasteiger charge is 2.12. The Morgan fingerprint density at radius 1 is 1.42 bits per heavy atom. The summed E-state index contributed by atoms with van der Waals surface area (Å²) in [7, 11) is 3.64. The second-order valence-electron chi connectivity index (χ2n) is 3.44. The summed E-state index contributed by atoms with van der Waals surface area (Å²) in [6.45, 7) is 3.42. The molecule has 0 saturated heterocycles. The number of rotatable bonds is 0. The Morgan fingerprint density at radius 2 is 2.25 bits per heavy atom. The van der Waals surface area contributed by atoms with Crippen molar-refractivity contribution in [3.8, 4) is 0 Å². The second-order valence-corrected chi connectivity index (χ2v) is 4.91. The largest absolute Gasteiger partial charge is 0.374 e. The van der Waals surface area contributed by atoms with Crippen LogP contribution in [-0.2, 0) is 6.42 Å². The smallest absolute Gasteiger partial charge is 0.0442 e. The Hall–Kier alpha value is -0.550. The van der Waals surface area contributed by atoms with Crippen LogP contribution in [0.5, 0.6) is 0 Å². The van der Waals surface area contributed by atoms with E-state index < -0.39 is 0 Å². The van der Waals surface area contributed by atoms with Gasteiger partial charge >= 0.3 is 0 Å². The summed E-state index contributed by atoms with van der Waals surface area (Å²) < 4.78 is 0. The van der Waals surface area contributed by atoms with Gasteiger partial charge in [0, 0.05) is 24.6 Å². The molecule has 64 valence electrons. The first kappa shape index (κ1) is 8.07. The minimum atomic E-state index is 1.22. The first-order valence-electron chi connectivity index (χ1n) is 4.45. The fourth-order valence-electron chi connectivity index (χ4n) is 1.74. The van der Waals surface area contributed by atoms with Crippen LogP contribution in [0.1, 0.15) is 17.0 Å². The second kappa shape index (κ2) is 3.06. The zero-order valence-corrected chi connectivity index (χ0v) is 8.56. The number of hydrogen-bond acceptors (Lipinski definition) is 1. The number of anilines is 1. The van der Waals surface area contributed by atoms with E-state index in [9.17, 15) is 0 Å². The van der Waals surface area contributed by atoms with Crippen LogP contribution in [0.4, 0.5) is 5.69 Å². The van der Waals surface area contributed by atoms with Gasteiger partial charge in [0.1, 0.15) is 0 Å². The van der Waals surface area contributed by atoms with Gasteiger partial charge in [-0.1, -0.05) is 14.3 Å². The normalized spacial score (nSPS) is 16.7. The number of aryl methyl sites for hydroxylation is 2. The van der Waals surface area contributed by atoms with Gasteiger partial charge in [0.2, 0.25) is 0 Å². The summed E-state index contributed by atoms with van der Waals surface area (Å²) >= 11 is 0. The molecule has 0 amide bonds. The Kier molecular flexibility index (Phi) is 2.06. The van der Waals surface area contributed by atoms with Crippen molar-refractivity contribution in [2.24, 2.45) is 0 Å². The molecular formula is C10H14NP. The Labute approximate surface area is 75.5 Å². The molecule has 2 rings (SSSR count). The van der Waals surface area contributed by atoms with Gasteiger partial charge in [0.05, 0.1) is 0 Å². The monoisotopic (exact) mass is 179 g/mol. The lowest BCUT2D eigenvalue weighted by atomic mass is 10.1. The van der Waals surface area contributed by atoms with E-state index in [1.165, 1.54) is 38.6 Å². The van der Waals surface area contributed by atoms with Crippen LogP contribution in [0.15, 0.2) is 12.1 Å². The van der Waals surface area contributed by atoms with E-state index in [1.807, 2.05) is 0 Å². The van der Waals surface area contributed by atoms with Gasteiger partial charge in [-0.25, -0.2) is 0 Å². The fourth-order valence-corrected chi connectivity index (χ4v) is 2.94. The highest BCUT2D eigenvalue weighted by atomic mass is 31.0. The molecule has 0 atom stereocenters. The van der Waals surface area contributed by atoms with Crippen LogP contribution in [-0.4, -0.2) is 13.6 Å². The third-order valence-electron chi connectivity index (χ3n) is 2.41. The lowest BCUT2D eigenvalue weighted by molar-refractivity contribution is 0.754. The van der Waals surface area contributed by atoms with Gasteiger partial charge < -0.3 is 4.90 Å². The molecule has 0 spiro atoms. The lowest BCUT2D eigenvalue weighted by Gasteiger charge is -2.27. The number of fused-ring (bicyclic) bond motifs is 1. The van der Waals surface area contributed by atoms with E-state index in [0.29, 0.717) is 0 Å². The highest BCUT2D eigenvalue weighted by molar-refractivity contribution is 7.32. The average molecular weight is 179 g/mol. The van der Waals surface area contributed by atoms with E-state index >= 15 is 0 Å². The van der Waals surface area contributed by atoms with E-state index in [2.05, 4.69) is 31.0 Å². The van der Waals surface area contributed by atoms with Crippen molar-refractivity contribution in [3.63, 3.8) is 0 Å². The maximum atomic E-state index is 2.37. The molecular weight excluding hydrogens is 165 g/mol. The van der Waals surface area contributed by atoms with Gasteiger partial charge in [-0.3, -0.25) is 0 Å². The van der Waals surface area contributed by atoms with Gasteiger partial charge in [-0.05, 0) is 31.1 Å². The molecule has 12 heavy (non-hydrogen) atoms. The molecule has 1 aliphatic heterocycles. The minimum absolute atomic E-state index is 1.22. The first-order chi connectivity index (χ1) is 5.77. The van der Waals surface area contributed by atoms with Crippen molar-refractivity contribution in [1.82, 2.24) is 0 Å². The third-order valence-corrected chi connectivity index (χ3v) is 3.63. The molecule has 0 fully saturated rings. The Morgan fingerprint density at radius 3 is 3.08 bits per heavy atom. The molecule has 1 nitrogen and oxygen atoms in total. The van der Waals surface area contributed by atoms with Crippen LogP contribution in [0.25, 0.3) is 0 Å². The molecule has 0 aromatic carbocycles. The van der Waals surface area contributed by atoms with Crippen LogP contribution < -0.4 is 4.90 Å². The topological polar surface area (TPSA) is 3.24 Å². The maximum absolute atomic E-state index is 2.37. The molecule has 0 aliphatic carbocycles. The van der Waals surface area contributed by atoms with Gasteiger partial charge in [-0.2, -0.15) is 0 Å². The van der Waals surface area contributed by atoms with Crippen LogP contribution in [0.2, 0.25) is 0 Å².